The first-order chi connectivity index (χ1) is 6.52. The van der Waals surface area contributed by atoms with Crippen molar-refractivity contribution in [3.8, 4) is 0 Å². The Kier molecular flexibility index (Phi) is 6.74. The van der Waals surface area contributed by atoms with Gasteiger partial charge < -0.3 is 15.7 Å². The lowest BCUT2D eigenvalue weighted by Gasteiger charge is -2.23. The standard InChI is InChI=1S/C9H20N2O2S/c1-4-10-8(12)11-7-9(2,13)5-6-14-3/h13H,4-7H2,1-3H3,(H2,10,11,12). The van der Waals surface area contributed by atoms with E-state index in [0.717, 1.165) is 5.75 Å². The summed E-state index contributed by atoms with van der Waals surface area (Å²) in [6, 6.07) is -0.225. The van der Waals surface area contributed by atoms with Crippen molar-refractivity contribution in [2.45, 2.75) is 25.9 Å². The maximum Gasteiger partial charge on any atom is 0.314 e. The van der Waals surface area contributed by atoms with Crippen LogP contribution in [0.3, 0.4) is 0 Å². The van der Waals surface area contributed by atoms with Crippen LogP contribution in [-0.2, 0) is 0 Å². The molecule has 0 aliphatic carbocycles. The predicted molar refractivity (Wildman–Crippen MR) is 60.7 cm³/mol. The fraction of sp³-hybridized carbons (Fsp3) is 0.889. The minimum absolute atomic E-state index is 0.225. The van der Waals surface area contributed by atoms with Gasteiger partial charge >= 0.3 is 6.03 Å². The number of urea groups is 1. The number of carbonyl (C=O) groups excluding carboxylic acids is 1. The molecule has 0 aromatic carbocycles. The molecular weight excluding hydrogens is 200 g/mol. The second kappa shape index (κ2) is 6.95. The van der Waals surface area contributed by atoms with Crippen LogP contribution in [0.25, 0.3) is 0 Å². The number of nitrogens with one attached hydrogen (secondary N) is 2. The SMILES string of the molecule is CCNC(=O)NCC(C)(O)CCSC. The third kappa shape index (κ3) is 7.03. The molecule has 1 unspecified atom stereocenters. The second-order valence-electron chi connectivity index (χ2n) is 3.45. The fourth-order valence-electron chi connectivity index (χ4n) is 0.904. The highest BCUT2D eigenvalue weighted by molar-refractivity contribution is 7.98. The van der Waals surface area contributed by atoms with E-state index in [1.165, 1.54) is 0 Å². The molecule has 3 N–H and O–H groups in total. The summed E-state index contributed by atoms with van der Waals surface area (Å²) in [7, 11) is 0. The Bertz CT molecular complexity index is 174. The molecule has 5 heteroatoms. The van der Waals surface area contributed by atoms with E-state index in [-0.39, 0.29) is 6.03 Å². The molecule has 0 radical (unpaired) electrons. The summed E-state index contributed by atoms with van der Waals surface area (Å²) in [5.74, 6) is 0.893. The molecule has 0 aliphatic rings. The van der Waals surface area contributed by atoms with Crippen molar-refractivity contribution in [1.82, 2.24) is 10.6 Å². The van der Waals surface area contributed by atoms with Crippen molar-refractivity contribution < 1.29 is 9.90 Å². The summed E-state index contributed by atoms with van der Waals surface area (Å²) in [6.45, 7) is 4.47. The smallest absolute Gasteiger partial charge is 0.314 e. The molecule has 0 aliphatic heterocycles. The second-order valence-corrected chi connectivity index (χ2v) is 4.44. The van der Waals surface area contributed by atoms with E-state index < -0.39 is 5.60 Å². The van der Waals surface area contributed by atoms with Crippen LogP contribution in [-0.4, -0.2) is 41.8 Å². The quantitative estimate of drug-likeness (QED) is 0.621. The maximum absolute atomic E-state index is 11.0. The number of thioether (sulfide) groups is 1. The molecule has 4 nitrogen and oxygen atoms in total. The van der Waals surface area contributed by atoms with Gasteiger partial charge in [-0.15, -0.1) is 0 Å². The van der Waals surface area contributed by atoms with Crippen LogP contribution in [0.5, 0.6) is 0 Å². The average molecular weight is 220 g/mol. The van der Waals surface area contributed by atoms with Gasteiger partial charge in [-0.05, 0) is 32.3 Å². The summed E-state index contributed by atoms with van der Waals surface area (Å²) >= 11 is 1.68. The van der Waals surface area contributed by atoms with Gasteiger partial charge in [0.2, 0.25) is 0 Å². The summed E-state index contributed by atoms with van der Waals surface area (Å²) in [5.41, 5.74) is -0.811. The van der Waals surface area contributed by atoms with Crippen LogP contribution in [0, 0.1) is 0 Å². The van der Waals surface area contributed by atoms with Crippen LogP contribution >= 0.6 is 11.8 Å². The van der Waals surface area contributed by atoms with E-state index >= 15 is 0 Å². The molecule has 84 valence electrons. The first kappa shape index (κ1) is 13.6. The Labute approximate surface area is 89.8 Å². The van der Waals surface area contributed by atoms with Crippen molar-refractivity contribution in [2.24, 2.45) is 0 Å². The van der Waals surface area contributed by atoms with Gasteiger partial charge in [0.1, 0.15) is 0 Å². The first-order valence-corrected chi connectivity index (χ1v) is 6.14. The molecule has 0 saturated heterocycles. The molecule has 0 heterocycles. The monoisotopic (exact) mass is 220 g/mol. The van der Waals surface area contributed by atoms with Gasteiger partial charge in [0.15, 0.2) is 0 Å². The van der Waals surface area contributed by atoms with E-state index in [9.17, 15) is 9.90 Å². The van der Waals surface area contributed by atoms with Crippen LogP contribution < -0.4 is 10.6 Å². The average Bonchev–Trinajstić information content (AvgIpc) is 2.13. The topological polar surface area (TPSA) is 61.4 Å². The molecule has 2 amide bonds. The van der Waals surface area contributed by atoms with Crippen LogP contribution in [0.1, 0.15) is 20.3 Å². The summed E-state index contributed by atoms with van der Waals surface area (Å²) in [6.07, 6.45) is 2.67. The normalized spacial score (nSPS) is 14.6. The molecule has 0 saturated carbocycles. The van der Waals surface area contributed by atoms with Gasteiger partial charge in [-0.3, -0.25) is 0 Å². The molecule has 0 rings (SSSR count). The number of hydrogen-bond donors (Lipinski definition) is 3. The number of amides is 2. The van der Waals surface area contributed by atoms with Crippen molar-refractivity contribution in [3.63, 3.8) is 0 Å². The van der Waals surface area contributed by atoms with E-state index in [1.54, 1.807) is 18.7 Å². The zero-order chi connectivity index (χ0) is 11.0. The maximum atomic E-state index is 11.0. The minimum Gasteiger partial charge on any atom is -0.388 e. The lowest BCUT2D eigenvalue weighted by atomic mass is 10.0. The number of aliphatic hydroxyl groups is 1. The number of hydrogen-bond acceptors (Lipinski definition) is 3. The largest absolute Gasteiger partial charge is 0.388 e. The Morgan fingerprint density at radius 1 is 1.50 bits per heavy atom. The molecule has 14 heavy (non-hydrogen) atoms. The highest BCUT2D eigenvalue weighted by atomic mass is 32.2. The van der Waals surface area contributed by atoms with Crippen molar-refractivity contribution in [1.29, 1.82) is 0 Å². The summed E-state index contributed by atoms with van der Waals surface area (Å²) in [5, 5.41) is 15.0. The van der Waals surface area contributed by atoms with Gasteiger partial charge in [-0.1, -0.05) is 0 Å². The molecule has 0 spiro atoms. The van der Waals surface area contributed by atoms with Gasteiger partial charge in [0, 0.05) is 13.1 Å². The predicted octanol–water partition coefficient (Wildman–Crippen LogP) is 0.810. The zero-order valence-electron chi connectivity index (χ0n) is 9.09. The fourth-order valence-corrected chi connectivity index (χ4v) is 1.55. The molecule has 1 atom stereocenters. The molecule has 0 fully saturated rings. The summed E-state index contributed by atoms with van der Waals surface area (Å²) < 4.78 is 0. The Morgan fingerprint density at radius 2 is 2.14 bits per heavy atom. The van der Waals surface area contributed by atoms with Crippen molar-refractivity contribution in [3.05, 3.63) is 0 Å². The third-order valence-electron chi connectivity index (χ3n) is 1.81. The minimum atomic E-state index is -0.811. The third-order valence-corrected chi connectivity index (χ3v) is 2.42. The highest BCUT2D eigenvalue weighted by Gasteiger charge is 2.20. The van der Waals surface area contributed by atoms with E-state index in [0.29, 0.717) is 19.5 Å². The van der Waals surface area contributed by atoms with Crippen LogP contribution in [0.2, 0.25) is 0 Å². The Morgan fingerprint density at radius 3 is 2.64 bits per heavy atom. The van der Waals surface area contributed by atoms with E-state index in [1.807, 2.05) is 13.2 Å². The van der Waals surface area contributed by atoms with E-state index in [2.05, 4.69) is 10.6 Å². The van der Waals surface area contributed by atoms with Gasteiger partial charge in [-0.25, -0.2) is 4.79 Å². The van der Waals surface area contributed by atoms with Crippen molar-refractivity contribution >= 4 is 17.8 Å². The Hall–Kier alpha value is -0.420. The molecular formula is C9H20N2O2S. The summed E-state index contributed by atoms with van der Waals surface area (Å²) in [4.78, 5) is 11.0. The number of rotatable bonds is 6. The lowest BCUT2D eigenvalue weighted by molar-refractivity contribution is 0.0594. The van der Waals surface area contributed by atoms with Crippen molar-refractivity contribution in [2.75, 3.05) is 25.1 Å². The van der Waals surface area contributed by atoms with Crippen LogP contribution in [0.4, 0.5) is 4.79 Å². The Balaban J connectivity index is 3.68. The lowest BCUT2D eigenvalue weighted by Crippen LogP contribution is -2.45. The molecule has 0 aromatic rings. The van der Waals surface area contributed by atoms with Crippen LogP contribution in [0.15, 0.2) is 0 Å². The highest BCUT2D eigenvalue weighted by Crippen LogP contribution is 2.11. The molecule has 0 bridgehead atoms. The van der Waals surface area contributed by atoms with E-state index in [4.69, 9.17) is 0 Å². The van der Waals surface area contributed by atoms with Gasteiger partial charge in [-0.2, -0.15) is 11.8 Å². The zero-order valence-corrected chi connectivity index (χ0v) is 9.91. The van der Waals surface area contributed by atoms with Gasteiger partial charge in [0.05, 0.1) is 5.60 Å². The first-order valence-electron chi connectivity index (χ1n) is 4.75. The number of carbonyl (C=O) groups is 1. The molecule has 0 aromatic heterocycles. The van der Waals surface area contributed by atoms with Gasteiger partial charge in [0.25, 0.3) is 0 Å².